The summed E-state index contributed by atoms with van der Waals surface area (Å²) in [5.41, 5.74) is 4.26. The second-order valence-corrected chi connectivity index (χ2v) is 7.41. The van der Waals surface area contributed by atoms with Gasteiger partial charge in [-0.2, -0.15) is 0 Å². The van der Waals surface area contributed by atoms with Crippen LogP contribution in [0.1, 0.15) is 41.5 Å². The fourth-order valence-corrected chi connectivity index (χ4v) is 1.55. The molecule has 0 spiro atoms. The molecule has 1 atom stereocenters. The van der Waals surface area contributed by atoms with Crippen molar-refractivity contribution in [1.29, 1.82) is 0 Å². The maximum atomic E-state index is 11.4. The molecular weight excluding hydrogens is 316 g/mol. The maximum absolute atomic E-state index is 11.4. The molecule has 8 nitrogen and oxygen atoms in total. The molecule has 0 fully saturated rings. The van der Waals surface area contributed by atoms with Gasteiger partial charge in [-0.05, 0) is 20.8 Å². The SMILES string of the molecule is CC(C)(C)OC(=O)NCCOCCOCC(OC(N)=O)C(C)(C)C. The normalized spacial score (nSPS) is 13.2. The van der Waals surface area contributed by atoms with E-state index in [4.69, 9.17) is 24.7 Å². The molecular formula is C16H32N2O6. The van der Waals surface area contributed by atoms with Gasteiger partial charge in [0.2, 0.25) is 0 Å². The van der Waals surface area contributed by atoms with E-state index in [1.54, 1.807) is 20.8 Å². The van der Waals surface area contributed by atoms with Crippen molar-refractivity contribution in [3.63, 3.8) is 0 Å². The van der Waals surface area contributed by atoms with Crippen LogP contribution in [-0.4, -0.2) is 56.9 Å². The van der Waals surface area contributed by atoms with E-state index in [0.717, 1.165) is 0 Å². The first kappa shape index (κ1) is 22.5. The fraction of sp³-hybridized carbons (Fsp3) is 0.875. The Hall–Kier alpha value is -1.54. The minimum atomic E-state index is -0.817. The Bertz CT molecular complexity index is 387. The van der Waals surface area contributed by atoms with E-state index in [-0.39, 0.29) is 12.0 Å². The van der Waals surface area contributed by atoms with Gasteiger partial charge in [-0.1, -0.05) is 20.8 Å². The number of carbonyl (C=O) groups excluding carboxylic acids is 2. The molecule has 2 amide bonds. The van der Waals surface area contributed by atoms with Gasteiger partial charge >= 0.3 is 12.2 Å². The van der Waals surface area contributed by atoms with E-state index in [2.05, 4.69) is 5.32 Å². The molecule has 0 aliphatic carbocycles. The summed E-state index contributed by atoms with van der Waals surface area (Å²) in [6.45, 7) is 12.9. The Kier molecular flexibility index (Phi) is 9.69. The van der Waals surface area contributed by atoms with Gasteiger partial charge in [0.25, 0.3) is 0 Å². The topological polar surface area (TPSA) is 109 Å². The van der Waals surface area contributed by atoms with E-state index in [0.29, 0.717) is 26.4 Å². The Labute approximate surface area is 144 Å². The fourth-order valence-electron chi connectivity index (χ4n) is 1.55. The van der Waals surface area contributed by atoms with Crippen LogP contribution in [0, 0.1) is 5.41 Å². The van der Waals surface area contributed by atoms with Crippen LogP contribution >= 0.6 is 0 Å². The molecule has 0 radical (unpaired) electrons. The molecule has 0 saturated carbocycles. The zero-order valence-electron chi connectivity index (χ0n) is 15.6. The summed E-state index contributed by atoms with van der Waals surface area (Å²) in [7, 11) is 0. The monoisotopic (exact) mass is 348 g/mol. The van der Waals surface area contributed by atoms with Gasteiger partial charge in [0.15, 0.2) is 0 Å². The lowest BCUT2D eigenvalue weighted by molar-refractivity contribution is -0.0411. The highest BCUT2D eigenvalue weighted by atomic mass is 16.6. The molecule has 3 N–H and O–H groups in total. The summed E-state index contributed by atoms with van der Waals surface area (Å²) in [4.78, 5) is 22.3. The van der Waals surface area contributed by atoms with E-state index < -0.39 is 23.9 Å². The smallest absolute Gasteiger partial charge is 0.407 e. The first-order valence-electron chi connectivity index (χ1n) is 8.00. The summed E-state index contributed by atoms with van der Waals surface area (Å²) in [5, 5.41) is 2.59. The van der Waals surface area contributed by atoms with Crippen LogP contribution in [0.2, 0.25) is 0 Å². The molecule has 0 aliphatic heterocycles. The highest BCUT2D eigenvalue weighted by Gasteiger charge is 2.27. The van der Waals surface area contributed by atoms with Crippen molar-refractivity contribution in [2.24, 2.45) is 11.1 Å². The zero-order valence-corrected chi connectivity index (χ0v) is 15.6. The lowest BCUT2D eigenvalue weighted by atomic mass is 9.89. The minimum Gasteiger partial charge on any atom is -0.444 e. The molecule has 0 bridgehead atoms. The highest BCUT2D eigenvalue weighted by molar-refractivity contribution is 5.67. The maximum Gasteiger partial charge on any atom is 0.407 e. The third-order valence-electron chi connectivity index (χ3n) is 2.78. The molecule has 0 aromatic heterocycles. The van der Waals surface area contributed by atoms with Crippen molar-refractivity contribution in [3.8, 4) is 0 Å². The number of alkyl carbamates (subject to hydrolysis) is 1. The predicted molar refractivity (Wildman–Crippen MR) is 89.8 cm³/mol. The van der Waals surface area contributed by atoms with Gasteiger partial charge in [0, 0.05) is 12.0 Å². The molecule has 0 rings (SSSR count). The number of nitrogens with one attached hydrogen (secondary N) is 1. The van der Waals surface area contributed by atoms with E-state index in [1.807, 2.05) is 20.8 Å². The molecule has 0 saturated heterocycles. The van der Waals surface area contributed by atoms with Gasteiger partial charge in [-0.15, -0.1) is 0 Å². The summed E-state index contributed by atoms with van der Waals surface area (Å²) >= 11 is 0. The number of carbonyl (C=O) groups is 2. The van der Waals surface area contributed by atoms with Gasteiger partial charge in [0.1, 0.15) is 11.7 Å². The lowest BCUT2D eigenvalue weighted by Gasteiger charge is -2.29. The van der Waals surface area contributed by atoms with E-state index >= 15 is 0 Å². The third-order valence-corrected chi connectivity index (χ3v) is 2.78. The summed E-state index contributed by atoms with van der Waals surface area (Å²) in [6.07, 6.45) is -1.72. The van der Waals surface area contributed by atoms with E-state index in [9.17, 15) is 9.59 Å². The van der Waals surface area contributed by atoms with Crippen molar-refractivity contribution in [3.05, 3.63) is 0 Å². The van der Waals surface area contributed by atoms with E-state index in [1.165, 1.54) is 0 Å². The lowest BCUT2D eigenvalue weighted by Crippen LogP contribution is -2.37. The molecule has 8 heteroatoms. The van der Waals surface area contributed by atoms with Crippen LogP contribution in [0.4, 0.5) is 9.59 Å². The van der Waals surface area contributed by atoms with Crippen LogP contribution in [0.5, 0.6) is 0 Å². The number of nitrogens with two attached hydrogens (primary N) is 1. The number of amides is 2. The van der Waals surface area contributed by atoms with Crippen molar-refractivity contribution >= 4 is 12.2 Å². The van der Waals surface area contributed by atoms with Crippen LogP contribution in [0.15, 0.2) is 0 Å². The first-order valence-corrected chi connectivity index (χ1v) is 8.00. The molecule has 0 aromatic rings. The summed E-state index contributed by atoms with van der Waals surface area (Å²) < 4.78 is 20.9. The van der Waals surface area contributed by atoms with Gasteiger partial charge in [-0.25, -0.2) is 9.59 Å². The minimum absolute atomic E-state index is 0.242. The van der Waals surface area contributed by atoms with Crippen LogP contribution in [0.3, 0.4) is 0 Å². The average Bonchev–Trinajstić information content (AvgIpc) is 2.36. The average molecular weight is 348 g/mol. The molecule has 24 heavy (non-hydrogen) atoms. The number of rotatable bonds is 9. The van der Waals surface area contributed by atoms with Crippen molar-refractivity contribution < 1.29 is 28.5 Å². The van der Waals surface area contributed by atoms with Crippen LogP contribution < -0.4 is 11.1 Å². The van der Waals surface area contributed by atoms with Crippen molar-refractivity contribution in [1.82, 2.24) is 5.32 Å². The molecule has 0 aliphatic rings. The molecule has 1 unspecified atom stereocenters. The highest BCUT2D eigenvalue weighted by Crippen LogP contribution is 2.22. The standard InChI is InChI=1S/C16H32N2O6/c1-15(2,3)12(23-13(17)19)11-22-10-9-21-8-7-18-14(20)24-16(4,5)6/h12H,7-11H2,1-6H3,(H2,17,19)(H,18,20). The number of hydrogen-bond acceptors (Lipinski definition) is 6. The Morgan fingerprint density at radius 1 is 1.00 bits per heavy atom. The summed E-state index contributed by atoms with van der Waals surface area (Å²) in [6, 6.07) is 0. The second-order valence-electron chi connectivity index (χ2n) is 7.41. The van der Waals surface area contributed by atoms with Gasteiger partial charge < -0.3 is 30.0 Å². The largest absolute Gasteiger partial charge is 0.444 e. The van der Waals surface area contributed by atoms with Crippen molar-refractivity contribution in [2.45, 2.75) is 53.2 Å². The quantitative estimate of drug-likeness (QED) is 0.617. The Morgan fingerprint density at radius 3 is 2.08 bits per heavy atom. The Balaban J connectivity index is 3.72. The number of primary amides is 1. The molecule has 0 aromatic carbocycles. The van der Waals surface area contributed by atoms with Crippen molar-refractivity contribution in [2.75, 3.05) is 33.0 Å². The third kappa shape index (κ3) is 13.0. The number of ether oxygens (including phenoxy) is 4. The zero-order chi connectivity index (χ0) is 18.8. The predicted octanol–water partition coefficient (Wildman–Crippen LogP) is 2.05. The Morgan fingerprint density at radius 2 is 1.58 bits per heavy atom. The number of hydrogen-bond donors (Lipinski definition) is 2. The summed E-state index contributed by atoms with van der Waals surface area (Å²) in [5.74, 6) is 0. The first-order chi connectivity index (χ1) is 10.9. The van der Waals surface area contributed by atoms with Crippen LogP contribution in [-0.2, 0) is 18.9 Å². The second kappa shape index (κ2) is 10.4. The van der Waals surface area contributed by atoms with Crippen LogP contribution in [0.25, 0.3) is 0 Å². The molecule has 142 valence electrons. The molecule has 0 heterocycles. The van der Waals surface area contributed by atoms with Gasteiger partial charge in [0.05, 0.1) is 26.4 Å². The van der Waals surface area contributed by atoms with Gasteiger partial charge in [-0.3, -0.25) is 0 Å².